The molecule has 158 valence electrons. The minimum atomic E-state index is -1.13. The molecule has 4 fully saturated rings. The Balaban J connectivity index is 1.28. The van der Waals surface area contributed by atoms with Gasteiger partial charge in [-0.25, -0.2) is 4.79 Å². The summed E-state index contributed by atoms with van der Waals surface area (Å²) in [6.45, 7) is 2.87. The van der Waals surface area contributed by atoms with Gasteiger partial charge >= 0.3 is 16.9 Å². The van der Waals surface area contributed by atoms with Gasteiger partial charge in [-0.3, -0.25) is 24.3 Å². The van der Waals surface area contributed by atoms with Crippen LogP contribution in [-0.2, 0) is 20.9 Å². The maximum Gasteiger partial charge on any atom is 0.326 e. The topological polar surface area (TPSA) is 106 Å². The van der Waals surface area contributed by atoms with Crippen LogP contribution in [0.25, 0.3) is 0 Å². The molecule has 1 aromatic rings. The van der Waals surface area contributed by atoms with Crippen LogP contribution in [-0.4, -0.2) is 34.1 Å². The van der Waals surface area contributed by atoms with E-state index in [0.29, 0.717) is 23.4 Å². The van der Waals surface area contributed by atoms with Crippen molar-refractivity contribution >= 4 is 29.2 Å². The molecule has 0 radical (unpaired) electrons. The third kappa shape index (κ3) is 4.24. The van der Waals surface area contributed by atoms with Crippen LogP contribution in [0.1, 0.15) is 51.1 Å². The quantitative estimate of drug-likeness (QED) is 0.707. The lowest BCUT2D eigenvalue weighted by Gasteiger charge is -2.56. The Morgan fingerprint density at radius 2 is 1.79 bits per heavy atom. The molecule has 9 heteroatoms. The molecule has 29 heavy (non-hydrogen) atoms. The van der Waals surface area contributed by atoms with Gasteiger partial charge in [0.15, 0.2) is 6.10 Å². The monoisotopic (exact) mass is 421 g/mol. The number of ether oxygens (including phenoxy) is 1. The predicted molar refractivity (Wildman–Crippen MR) is 106 cm³/mol. The molecule has 0 unspecified atom stereocenters. The zero-order chi connectivity index (χ0) is 20.8. The summed E-state index contributed by atoms with van der Waals surface area (Å²) in [6, 6.07) is -0.523. The maximum absolute atomic E-state index is 12.4. The number of imide groups is 1. The molecule has 0 saturated heterocycles. The number of aryl methyl sites for hydroxylation is 1. The van der Waals surface area contributed by atoms with Crippen LogP contribution in [0.3, 0.4) is 0 Å². The van der Waals surface area contributed by atoms with E-state index in [1.54, 1.807) is 12.3 Å². The average molecular weight is 422 g/mol. The van der Waals surface area contributed by atoms with Crippen molar-refractivity contribution in [3.05, 3.63) is 20.7 Å². The fraction of sp³-hybridized carbons (Fsp3) is 0.700. The van der Waals surface area contributed by atoms with Crippen molar-refractivity contribution in [1.82, 2.24) is 15.2 Å². The molecule has 5 rings (SSSR count). The molecule has 0 aliphatic heterocycles. The lowest BCUT2D eigenvalue weighted by molar-refractivity contribution is -0.155. The molecule has 1 atom stereocenters. The highest BCUT2D eigenvalue weighted by molar-refractivity contribution is 7.07. The second-order valence-electron chi connectivity index (χ2n) is 9.00. The Morgan fingerprint density at radius 3 is 2.31 bits per heavy atom. The summed E-state index contributed by atoms with van der Waals surface area (Å²) < 4.78 is 6.39. The number of nitrogens with one attached hydrogen (secondary N) is 2. The van der Waals surface area contributed by atoms with Gasteiger partial charge in [-0.1, -0.05) is 11.3 Å². The summed E-state index contributed by atoms with van der Waals surface area (Å²) in [4.78, 5) is 48.2. The largest absolute Gasteiger partial charge is 0.451 e. The Labute approximate surface area is 173 Å². The number of thiazole rings is 1. The maximum atomic E-state index is 12.4. The lowest BCUT2D eigenvalue weighted by Crippen LogP contribution is -2.62. The molecule has 4 saturated carbocycles. The van der Waals surface area contributed by atoms with Gasteiger partial charge in [0, 0.05) is 16.6 Å². The van der Waals surface area contributed by atoms with E-state index in [9.17, 15) is 19.2 Å². The summed E-state index contributed by atoms with van der Waals surface area (Å²) in [5.41, 5.74) is 0.459. The van der Waals surface area contributed by atoms with Crippen molar-refractivity contribution in [1.29, 1.82) is 0 Å². The van der Waals surface area contributed by atoms with E-state index in [0.717, 1.165) is 30.6 Å². The molecular formula is C20H27N3O5S. The molecule has 0 aromatic carbocycles. The number of rotatable bonds is 5. The first kappa shape index (κ1) is 20.1. The Bertz CT molecular complexity index is 854. The Morgan fingerprint density at radius 1 is 1.21 bits per heavy atom. The molecule has 1 heterocycles. The van der Waals surface area contributed by atoms with Crippen molar-refractivity contribution in [2.75, 3.05) is 0 Å². The number of urea groups is 1. The first-order valence-electron chi connectivity index (χ1n) is 10.2. The molecule has 8 nitrogen and oxygen atoms in total. The fourth-order valence-corrected chi connectivity index (χ4v) is 6.50. The first-order chi connectivity index (χ1) is 13.7. The van der Waals surface area contributed by atoms with Gasteiger partial charge in [-0.05, 0) is 70.1 Å². The normalized spacial score (nSPS) is 30.6. The average Bonchev–Trinajstić information content (AvgIpc) is 2.91. The molecule has 2 N–H and O–H groups in total. The second kappa shape index (κ2) is 7.59. The molecule has 4 bridgehead atoms. The van der Waals surface area contributed by atoms with E-state index >= 15 is 0 Å². The van der Waals surface area contributed by atoms with Crippen LogP contribution in [0.2, 0.25) is 0 Å². The summed E-state index contributed by atoms with van der Waals surface area (Å²) >= 11 is 1.00. The zero-order valence-corrected chi connectivity index (χ0v) is 17.5. The number of aromatic nitrogens is 1. The molecule has 3 amide bonds. The minimum absolute atomic E-state index is 0.198. The van der Waals surface area contributed by atoms with Crippen molar-refractivity contribution < 1.29 is 19.1 Å². The van der Waals surface area contributed by atoms with Crippen LogP contribution < -0.4 is 15.5 Å². The second-order valence-corrected chi connectivity index (χ2v) is 9.82. The number of carbonyl (C=O) groups is 3. The van der Waals surface area contributed by atoms with Gasteiger partial charge in [-0.15, -0.1) is 0 Å². The number of hydrogen-bond donors (Lipinski definition) is 2. The van der Waals surface area contributed by atoms with Crippen LogP contribution in [0.4, 0.5) is 4.79 Å². The van der Waals surface area contributed by atoms with Gasteiger partial charge in [0.05, 0.1) is 0 Å². The molecule has 4 aliphatic carbocycles. The lowest BCUT2D eigenvalue weighted by atomic mass is 9.53. The predicted octanol–water partition coefficient (Wildman–Crippen LogP) is 1.94. The number of amides is 3. The van der Waals surface area contributed by atoms with Gasteiger partial charge in [0.25, 0.3) is 5.91 Å². The number of carbonyl (C=O) groups excluding carboxylic acids is 3. The Kier molecular flexibility index (Phi) is 5.27. The first-order valence-corrected chi connectivity index (χ1v) is 11.1. The Hall–Kier alpha value is -2.16. The number of hydrogen-bond acceptors (Lipinski definition) is 6. The molecule has 4 aliphatic rings. The fourth-order valence-electron chi connectivity index (χ4n) is 5.76. The third-order valence-electron chi connectivity index (χ3n) is 6.59. The SMILES string of the molecule is Cc1csc(=O)n1CC(=O)O[C@@H](C)C(=O)NC(=O)NC12CC3CC(CC(C3)C1)C2. The third-order valence-corrected chi connectivity index (χ3v) is 7.48. The van der Waals surface area contributed by atoms with Gasteiger partial charge < -0.3 is 10.1 Å². The molecule has 1 aromatic heterocycles. The summed E-state index contributed by atoms with van der Waals surface area (Å²) in [6.07, 6.45) is 5.63. The van der Waals surface area contributed by atoms with E-state index in [2.05, 4.69) is 10.6 Å². The van der Waals surface area contributed by atoms with E-state index in [-0.39, 0.29) is 17.0 Å². The van der Waals surface area contributed by atoms with Crippen molar-refractivity contribution in [2.24, 2.45) is 17.8 Å². The number of nitrogens with zero attached hydrogens (tertiary/aromatic N) is 1. The highest BCUT2D eigenvalue weighted by Gasteiger charge is 2.51. The zero-order valence-electron chi connectivity index (χ0n) is 16.7. The van der Waals surface area contributed by atoms with Crippen molar-refractivity contribution in [3.63, 3.8) is 0 Å². The highest BCUT2D eigenvalue weighted by Crippen LogP contribution is 2.55. The molecular weight excluding hydrogens is 394 g/mol. The van der Waals surface area contributed by atoms with Crippen LogP contribution in [0, 0.1) is 24.7 Å². The smallest absolute Gasteiger partial charge is 0.326 e. The van der Waals surface area contributed by atoms with Crippen molar-refractivity contribution in [3.8, 4) is 0 Å². The van der Waals surface area contributed by atoms with Crippen LogP contribution >= 0.6 is 11.3 Å². The summed E-state index contributed by atoms with van der Waals surface area (Å²) in [5, 5.41) is 7.02. The van der Waals surface area contributed by atoms with E-state index in [4.69, 9.17) is 4.74 Å². The van der Waals surface area contributed by atoms with E-state index < -0.39 is 24.0 Å². The van der Waals surface area contributed by atoms with Crippen LogP contribution in [0.15, 0.2) is 10.2 Å². The highest BCUT2D eigenvalue weighted by atomic mass is 32.1. The van der Waals surface area contributed by atoms with Gasteiger partial charge in [0.1, 0.15) is 6.54 Å². The summed E-state index contributed by atoms with van der Waals surface area (Å²) in [5.74, 6) is 0.677. The van der Waals surface area contributed by atoms with Gasteiger partial charge in [0.2, 0.25) is 0 Å². The van der Waals surface area contributed by atoms with Gasteiger partial charge in [-0.2, -0.15) is 0 Å². The molecule has 0 spiro atoms. The van der Waals surface area contributed by atoms with E-state index in [1.165, 1.54) is 30.8 Å². The van der Waals surface area contributed by atoms with Crippen molar-refractivity contribution in [2.45, 2.75) is 70.6 Å². The standard InChI is InChI=1S/C20H27N3O5S/c1-11-10-29-19(27)23(11)9-16(24)28-12(2)17(25)21-18(26)22-20-6-13-3-14(7-20)5-15(4-13)8-20/h10,12-15H,3-9H2,1-2H3,(H2,21,22,25,26)/t12-,13?,14?,15?,20?/m0/s1. The van der Waals surface area contributed by atoms with E-state index in [1.807, 2.05) is 0 Å². The van der Waals surface area contributed by atoms with Crippen LogP contribution in [0.5, 0.6) is 0 Å². The number of esters is 1. The minimum Gasteiger partial charge on any atom is -0.451 e. The summed E-state index contributed by atoms with van der Waals surface area (Å²) in [7, 11) is 0.